The first kappa shape index (κ1) is 17.4. The number of hydrogen-bond donors (Lipinski definition) is 1. The van der Waals surface area contributed by atoms with Crippen molar-refractivity contribution < 1.29 is 22.7 Å². The number of alkyl halides is 3. The average Bonchev–Trinajstić information content (AvgIpc) is 2.06. The van der Waals surface area contributed by atoms with Crippen LogP contribution in [0.1, 0.15) is 34.6 Å². The van der Waals surface area contributed by atoms with Gasteiger partial charge in [-0.25, -0.2) is 4.79 Å². The zero-order valence-electron chi connectivity index (χ0n) is 11.2. The molecule has 0 fully saturated rings. The largest absolute Gasteiger partial charge is 0.444 e. The maximum atomic E-state index is 12.1. The number of halogens is 3. The molecule has 0 saturated carbocycles. The van der Waals surface area contributed by atoms with Crippen LogP contribution in [0.3, 0.4) is 0 Å². The van der Waals surface area contributed by atoms with Gasteiger partial charge in [-0.3, -0.25) is 0 Å². The molecular formula is C11H20F3NO2S. The minimum absolute atomic E-state index is 0.104. The summed E-state index contributed by atoms with van der Waals surface area (Å²) in [7, 11) is 0. The van der Waals surface area contributed by atoms with E-state index in [1.54, 1.807) is 34.6 Å². The van der Waals surface area contributed by atoms with Gasteiger partial charge in [-0.1, -0.05) is 13.8 Å². The summed E-state index contributed by atoms with van der Waals surface area (Å²) in [5, 5.41) is 2.46. The summed E-state index contributed by atoms with van der Waals surface area (Å²) < 4.78 is 41.3. The first-order valence-corrected chi connectivity index (χ1v) is 6.59. The fourth-order valence-electron chi connectivity index (χ4n) is 1.04. The molecule has 0 rings (SSSR count). The second kappa shape index (κ2) is 6.54. The molecular weight excluding hydrogens is 267 g/mol. The molecule has 0 aliphatic carbocycles. The highest BCUT2D eigenvalue weighted by molar-refractivity contribution is 8.00. The van der Waals surface area contributed by atoms with Crippen LogP contribution in [0.4, 0.5) is 18.0 Å². The number of nitrogens with one attached hydrogen (secondary N) is 1. The fourth-order valence-corrected chi connectivity index (χ4v) is 1.88. The Balaban J connectivity index is 4.33. The first-order valence-electron chi connectivity index (χ1n) is 5.61. The molecule has 1 amide bonds. The Morgan fingerprint density at radius 3 is 2.11 bits per heavy atom. The summed E-state index contributed by atoms with van der Waals surface area (Å²) in [6, 6.07) is -0.577. The smallest absolute Gasteiger partial charge is 0.441 e. The van der Waals surface area contributed by atoms with Crippen LogP contribution >= 0.6 is 11.8 Å². The van der Waals surface area contributed by atoms with Crippen LogP contribution in [0.15, 0.2) is 0 Å². The van der Waals surface area contributed by atoms with Crippen molar-refractivity contribution in [3.63, 3.8) is 0 Å². The monoisotopic (exact) mass is 287 g/mol. The van der Waals surface area contributed by atoms with Crippen LogP contribution in [0.2, 0.25) is 0 Å². The van der Waals surface area contributed by atoms with Crippen molar-refractivity contribution in [2.75, 3.05) is 5.75 Å². The molecule has 1 atom stereocenters. The van der Waals surface area contributed by atoms with E-state index in [-0.39, 0.29) is 23.4 Å². The Bertz CT molecular complexity index is 274. The lowest BCUT2D eigenvalue weighted by Gasteiger charge is -2.25. The summed E-state index contributed by atoms with van der Waals surface area (Å²) in [6.45, 7) is 8.59. The number of hydrogen-bond acceptors (Lipinski definition) is 3. The van der Waals surface area contributed by atoms with Gasteiger partial charge in [0, 0.05) is 11.8 Å². The van der Waals surface area contributed by atoms with Crippen molar-refractivity contribution in [1.29, 1.82) is 0 Å². The first-order chi connectivity index (χ1) is 7.91. The third-order valence-electron chi connectivity index (χ3n) is 1.93. The van der Waals surface area contributed by atoms with E-state index in [1.807, 2.05) is 0 Å². The van der Waals surface area contributed by atoms with E-state index in [2.05, 4.69) is 5.32 Å². The Kier molecular flexibility index (Phi) is 6.33. The van der Waals surface area contributed by atoms with E-state index in [0.29, 0.717) is 0 Å². The minimum Gasteiger partial charge on any atom is -0.444 e. The van der Waals surface area contributed by atoms with Crippen molar-refractivity contribution in [2.24, 2.45) is 5.92 Å². The van der Waals surface area contributed by atoms with Crippen LogP contribution in [-0.4, -0.2) is 29.0 Å². The van der Waals surface area contributed by atoms with Crippen LogP contribution in [0, 0.1) is 5.92 Å². The molecule has 1 N–H and O–H groups in total. The highest BCUT2D eigenvalue weighted by Crippen LogP contribution is 2.31. The van der Waals surface area contributed by atoms with Gasteiger partial charge in [0.1, 0.15) is 5.60 Å². The summed E-state index contributed by atoms with van der Waals surface area (Å²) in [4.78, 5) is 11.5. The van der Waals surface area contributed by atoms with E-state index in [4.69, 9.17) is 4.74 Å². The number of alkyl carbamates (subject to hydrolysis) is 1. The predicted molar refractivity (Wildman–Crippen MR) is 66.5 cm³/mol. The molecule has 0 heterocycles. The molecule has 0 aromatic rings. The highest BCUT2D eigenvalue weighted by atomic mass is 32.2. The number of thioether (sulfide) groups is 1. The molecule has 3 nitrogen and oxygen atoms in total. The summed E-state index contributed by atoms with van der Waals surface area (Å²) in [5.41, 5.74) is -4.95. The average molecular weight is 287 g/mol. The van der Waals surface area contributed by atoms with Gasteiger partial charge in [0.05, 0.1) is 0 Å². The van der Waals surface area contributed by atoms with Gasteiger partial charge in [-0.2, -0.15) is 13.2 Å². The molecule has 0 aromatic carbocycles. The number of rotatable bonds is 4. The quantitative estimate of drug-likeness (QED) is 0.855. The van der Waals surface area contributed by atoms with E-state index < -0.39 is 23.2 Å². The second-order valence-corrected chi connectivity index (χ2v) is 6.34. The topological polar surface area (TPSA) is 38.3 Å². The molecule has 18 heavy (non-hydrogen) atoms. The van der Waals surface area contributed by atoms with Gasteiger partial charge in [-0.15, -0.1) is 0 Å². The number of carbonyl (C=O) groups excluding carboxylic acids is 1. The summed E-state index contributed by atoms with van der Waals surface area (Å²) in [6.07, 6.45) is -0.691. The van der Waals surface area contributed by atoms with Gasteiger partial charge in [0.25, 0.3) is 0 Å². The fraction of sp³-hybridized carbons (Fsp3) is 0.909. The Hall–Kier alpha value is -0.590. The van der Waals surface area contributed by atoms with Gasteiger partial charge < -0.3 is 10.1 Å². The highest BCUT2D eigenvalue weighted by Gasteiger charge is 2.31. The Labute approximate surface area is 110 Å². The molecule has 0 saturated heterocycles. The zero-order chi connectivity index (χ0) is 14.6. The molecule has 108 valence electrons. The van der Waals surface area contributed by atoms with Gasteiger partial charge in [0.15, 0.2) is 0 Å². The van der Waals surface area contributed by atoms with Gasteiger partial charge >= 0.3 is 11.6 Å². The molecule has 0 radical (unpaired) electrons. The maximum Gasteiger partial charge on any atom is 0.441 e. The normalized spacial score (nSPS) is 14.5. The van der Waals surface area contributed by atoms with Crippen LogP contribution in [-0.2, 0) is 4.74 Å². The van der Waals surface area contributed by atoms with Gasteiger partial charge in [-0.05, 0) is 38.5 Å². The van der Waals surface area contributed by atoms with E-state index >= 15 is 0 Å². The van der Waals surface area contributed by atoms with Crippen LogP contribution < -0.4 is 5.32 Å². The Morgan fingerprint density at radius 2 is 1.78 bits per heavy atom. The van der Waals surface area contributed by atoms with E-state index in [1.165, 1.54) is 0 Å². The maximum absolute atomic E-state index is 12.1. The molecule has 0 aromatic heterocycles. The number of carbonyl (C=O) groups is 1. The van der Waals surface area contributed by atoms with Crippen molar-refractivity contribution >= 4 is 17.9 Å². The molecule has 0 spiro atoms. The van der Waals surface area contributed by atoms with Crippen LogP contribution in [0.5, 0.6) is 0 Å². The molecule has 0 bridgehead atoms. The molecule has 0 aliphatic heterocycles. The SMILES string of the molecule is CC(C)[C@H](CSC(F)(F)F)NC(=O)OC(C)(C)C. The van der Waals surface area contributed by atoms with Crippen molar-refractivity contribution in [1.82, 2.24) is 5.32 Å². The predicted octanol–water partition coefficient (Wildman–Crippen LogP) is 3.79. The number of ether oxygens (including phenoxy) is 1. The second-order valence-electron chi connectivity index (χ2n) is 5.25. The van der Waals surface area contributed by atoms with E-state index in [0.717, 1.165) is 0 Å². The lowest BCUT2D eigenvalue weighted by molar-refractivity contribution is -0.0330. The van der Waals surface area contributed by atoms with Gasteiger partial charge in [0.2, 0.25) is 0 Å². The Morgan fingerprint density at radius 1 is 1.28 bits per heavy atom. The standard InChI is InChI=1S/C11H20F3NO2S/c1-7(2)8(6-18-11(12,13)14)15-9(16)17-10(3,4)5/h7-8H,6H2,1-5H3,(H,15,16)/t8-/m0/s1. The van der Waals surface area contributed by atoms with Crippen molar-refractivity contribution in [3.8, 4) is 0 Å². The number of amides is 1. The lowest BCUT2D eigenvalue weighted by Crippen LogP contribution is -2.43. The minimum atomic E-state index is -4.29. The van der Waals surface area contributed by atoms with E-state index in [9.17, 15) is 18.0 Å². The molecule has 0 unspecified atom stereocenters. The lowest BCUT2D eigenvalue weighted by atomic mass is 10.1. The zero-order valence-corrected chi connectivity index (χ0v) is 12.0. The van der Waals surface area contributed by atoms with Crippen molar-refractivity contribution in [2.45, 2.75) is 51.8 Å². The molecule has 0 aliphatic rings. The van der Waals surface area contributed by atoms with Crippen molar-refractivity contribution in [3.05, 3.63) is 0 Å². The molecule has 7 heteroatoms. The third kappa shape index (κ3) is 9.44. The van der Waals surface area contributed by atoms with Crippen LogP contribution in [0.25, 0.3) is 0 Å². The third-order valence-corrected chi connectivity index (χ3v) is 2.79. The summed E-state index contributed by atoms with van der Waals surface area (Å²) in [5.74, 6) is -0.326. The summed E-state index contributed by atoms with van der Waals surface area (Å²) >= 11 is -0.140.